The predicted molar refractivity (Wildman–Crippen MR) is 76.2 cm³/mol. The Morgan fingerprint density at radius 3 is 2.83 bits per heavy atom. The van der Waals surface area contributed by atoms with E-state index in [1.165, 1.54) is 11.3 Å². The summed E-state index contributed by atoms with van der Waals surface area (Å²) < 4.78 is 0. The van der Waals surface area contributed by atoms with Crippen LogP contribution in [0.4, 0.5) is 5.69 Å². The van der Waals surface area contributed by atoms with Gasteiger partial charge in [0, 0.05) is 12.2 Å². The van der Waals surface area contributed by atoms with Gasteiger partial charge in [-0.05, 0) is 48.7 Å². The van der Waals surface area contributed by atoms with Crippen LogP contribution in [0.3, 0.4) is 0 Å². The van der Waals surface area contributed by atoms with Crippen molar-refractivity contribution in [2.24, 2.45) is 0 Å². The highest BCUT2D eigenvalue weighted by Crippen LogP contribution is 2.18. The Kier molecular flexibility index (Phi) is 4.12. The zero-order valence-corrected chi connectivity index (χ0v) is 11.3. The molecule has 0 unspecified atom stereocenters. The molecule has 0 bridgehead atoms. The molecule has 18 heavy (non-hydrogen) atoms. The zero-order valence-electron chi connectivity index (χ0n) is 10.5. The van der Waals surface area contributed by atoms with Crippen molar-refractivity contribution in [2.45, 2.75) is 13.5 Å². The molecule has 0 saturated heterocycles. The Labute approximate surface area is 111 Å². The number of nitrogens with one attached hydrogen (secondary N) is 2. The third-order valence-corrected chi connectivity index (χ3v) is 3.65. The summed E-state index contributed by atoms with van der Waals surface area (Å²) in [6, 6.07) is 9.82. The second kappa shape index (κ2) is 5.80. The van der Waals surface area contributed by atoms with Crippen molar-refractivity contribution in [3.05, 3.63) is 51.7 Å². The summed E-state index contributed by atoms with van der Waals surface area (Å²) in [6.45, 7) is 2.74. The Morgan fingerprint density at radius 1 is 1.33 bits per heavy atom. The van der Waals surface area contributed by atoms with Gasteiger partial charge in [0.15, 0.2) is 0 Å². The number of hydrogen-bond acceptors (Lipinski definition) is 3. The van der Waals surface area contributed by atoms with Crippen molar-refractivity contribution < 1.29 is 4.79 Å². The number of thiophene rings is 1. The maximum Gasteiger partial charge on any atom is 0.265 e. The minimum atomic E-state index is -0.0379. The molecule has 0 spiro atoms. The second-order valence-corrected chi connectivity index (χ2v) is 5.03. The predicted octanol–water partition coefficient (Wildman–Crippen LogP) is 3.03. The molecule has 0 aliphatic heterocycles. The van der Waals surface area contributed by atoms with E-state index in [9.17, 15) is 4.79 Å². The topological polar surface area (TPSA) is 41.1 Å². The number of rotatable bonds is 4. The average Bonchev–Trinajstić information content (AvgIpc) is 2.76. The van der Waals surface area contributed by atoms with E-state index in [1.807, 2.05) is 49.7 Å². The summed E-state index contributed by atoms with van der Waals surface area (Å²) in [6.07, 6.45) is 0. The fourth-order valence-electron chi connectivity index (χ4n) is 1.76. The smallest absolute Gasteiger partial charge is 0.265 e. The summed E-state index contributed by atoms with van der Waals surface area (Å²) >= 11 is 1.47. The number of carbonyl (C=O) groups is 1. The molecule has 2 N–H and O–H groups in total. The molecular formula is C14H16N2OS. The van der Waals surface area contributed by atoms with Crippen LogP contribution < -0.4 is 10.6 Å². The number of aryl methyl sites for hydroxylation is 1. The summed E-state index contributed by atoms with van der Waals surface area (Å²) in [4.78, 5) is 12.8. The van der Waals surface area contributed by atoms with Gasteiger partial charge in [0.1, 0.15) is 0 Å². The van der Waals surface area contributed by atoms with Crippen molar-refractivity contribution >= 4 is 22.9 Å². The maximum absolute atomic E-state index is 12.0. The van der Waals surface area contributed by atoms with Gasteiger partial charge in [-0.3, -0.25) is 4.79 Å². The normalized spacial score (nSPS) is 10.3. The van der Waals surface area contributed by atoms with Gasteiger partial charge in [-0.1, -0.05) is 12.1 Å². The Hall–Kier alpha value is -1.65. The summed E-state index contributed by atoms with van der Waals surface area (Å²) in [5.74, 6) is -0.0379. The molecule has 3 nitrogen and oxygen atoms in total. The van der Waals surface area contributed by atoms with E-state index >= 15 is 0 Å². The van der Waals surface area contributed by atoms with Gasteiger partial charge in [-0.15, -0.1) is 11.3 Å². The number of hydrogen-bond donors (Lipinski definition) is 2. The van der Waals surface area contributed by atoms with Crippen LogP contribution in [0.1, 0.15) is 20.8 Å². The van der Waals surface area contributed by atoms with Crippen LogP contribution in [0.5, 0.6) is 0 Å². The minimum absolute atomic E-state index is 0.0379. The molecule has 1 amide bonds. The van der Waals surface area contributed by atoms with E-state index in [2.05, 4.69) is 10.6 Å². The van der Waals surface area contributed by atoms with Crippen LogP contribution in [-0.2, 0) is 6.54 Å². The largest absolute Gasteiger partial charge is 0.321 e. The van der Waals surface area contributed by atoms with Gasteiger partial charge in [0.2, 0.25) is 0 Å². The van der Waals surface area contributed by atoms with Crippen LogP contribution >= 0.6 is 11.3 Å². The van der Waals surface area contributed by atoms with Gasteiger partial charge < -0.3 is 10.6 Å². The van der Waals surface area contributed by atoms with Gasteiger partial charge in [-0.2, -0.15) is 0 Å². The molecule has 2 rings (SSSR count). The van der Waals surface area contributed by atoms with Crippen LogP contribution in [-0.4, -0.2) is 13.0 Å². The van der Waals surface area contributed by atoms with Crippen molar-refractivity contribution in [1.29, 1.82) is 0 Å². The molecular weight excluding hydrogens is 244 g/mol. The Balaban J connectivity index is 2.12. The quantitative estimate of drug-likeness (QED) is 0.887. The monoisotopic (exact) mass is 260 g/mol. The van der Waals surface area contributed by atoms with E-state index in [0.717, 1.165) is 28.2 Å². The third-order valence-electron chi connectivity index (χ3n) is 2.63. The van der Waals surface area contributed by atoms with Crippen molar-refractivity contribution in [3.63, 3.8) is 0 Å². The molecule has 2 aromatic rings. The van der Waals surface area contributed by atoms with Crippen molar-refractivity contribution in [3.8, 4) is 0 Å². The second-order valence-electron chi connectivity index (χ2n) is 4.12. The lowest BCUT2D eigenvalue weighted by molar-refractivity contribution is 0.103. The fourth-order valence-corrected chi connectivity index (χ4v) is 2.58. The molecule has 4 heteroatoms. The average molecular weight is 260 g/mol. The van der Waals surface area contributed by atoms with Gasteiger partial charge in [0.25, 0.3) is 5.91 Å². The lowest BCUT2D eigenvalue weighted by Gasteiger charge is -2.07. The molecule has 94 valence electrons. The molecule has 0 atom stereocenters. The third kappa shape index (κ3) is 2.97. The van der Waals surface area contributed by atoms with Gasteiger partial charge in [-0.25, -0.2) is 0 Å². The van der Waals surface area contributed by atoms with Crippen LogP contribution in [0.25, 0.3) is 0 Å². The standard InChI is InChI=1S/C14H16N2OS/c1-10-6-7-18-13(10)14(17)16-12-5-3-4-11(8-12)9-15-2/h3-8,15H,9H2,1-2H3,(H,16,17). The number of amides is 1. The van der Waals surface area contributed by atoms with Crippen LogP contribution in [0.15, 0.2) is 35.7 Å². The summed E-state index contributed by atoms with van der Waals surface area (Å²) in [5.41, 5.74) is 3.00. The highest BCUT2D eigenvalue weighted by Gasteiger charge is 2.10. The van der Waals surface area contributed by atoms with E-state index in [4.69, 9.17) is 0 Å². The van der Waals surface area contributed by atoms with Gasteiger partial charge in [0.05, 0.1) is 4.88 Å². The molecule has 0 saturated carbocycles. The molecule has 0 aliphatic carbocycles. The first-order valence-corrected chi connectivity index (χ1v) is 6.67. The Bertz CT molecular complexity index is 548. The number of benzene rings is 1. The Morgan fingerprint density at radius 2 is 2.17 bits per heavy atom. The van der Waals surface area contributed by atoms with E-state index < -0.39 is 0 Å². The highest BCUT2D eigenvalue weighted by molar-refractivity contribution is 7.12. The molecule has 0 aliphatic rings. The molecule has 0 radical (unpaired) electrons. The van der Waals surface area contributed by atoms with Crippen molar-refractivity contribution in [1.82, 2.24) is 5.32 Å². The molecule has 0 fully saturated rings. The van der Waals surface area contributed by atoms with Crippen LogP contribution in [0, 0.1) is 6.92 Å². The SMILES string of the molecule is CNCc1cccc(NC(=O)c2sccc2C)c1. The first-order valence-electron chi connectivity index (χ1n) is 5.79. The number of carbonyl (C=O) groups excluding carboxylic acids is 1. The molecule has 1 heterocycles. The number of anilines is 1. The lowest BCUT2D eigenvalue weighted by atomic mass is 10.2. The maximum atomic E-state index is 12.0. The highest BCUT2D eigenvalue weighted by atomic mass is 32.1. The fraction of sp³-hybridized carbons (Fsp3) is 0.214. The van der Waals surface area contributed by atoms with E-state index in [-0.39, 0.29) is 5.91 Å². The first kappa shape index (κ1) is 12.8. The zero-order chi connectivity index (χ0) is 13.0. The van der Waals surface area contributed by atoms with E-state index in [1.54, 1.807) is 0 Å². The van der Waals surface area contributed by atoms with E-state index in [0.29, 0.717) is 0 Å². The summed E-state index contributed by atoms with van der Waals surface area (Å²) in [5, 5.41) is 7.95. The summed E-state index contributed by atoms with van der Waals surface area (Å²) in [7, 11) is 1.90. The lowest BCUT2D eigenvalue weighted by Crippen LogP contribution is -2.12. The molecule has 1 aromatic heterocycles. The van der Waals surface area contributed by atoms with Crippen LogP contribution in [0.2, 0.25) is 0 Å². The minimum Gasteiger partial charge on any atom is -0.321 e. The van der Waals surface area contributed by atoms with Crippen molar-refractivity contribution in [2.75, 3.05) is 12.4 Å². The van der Waals surface area contributed by atoms with Gasteiger partial charge >= 0.3 is 0 Å². The molecule has 1 aromatic carbocycles. The first-order chi connectivity index (χ1) is 8.70.